The Bertz CT molecular complexity index is 1070. The Labute approximate surface area is 189 Å². The number of pyridine rings is 1. The molecule has 1 amide bonds. The van der Waals surface area contributed by atoms with Crippen LogP contribution >= 0.6 is 0 Å². The zero-order valence-electron chi connectivity index (χ0n) is 19.0. The number of amides is 1. The Hall–Kier alpha value is -3.19. The number of piperidine rings is 1. The first kappa shape index (κ1) is 22.0. The molecule has 2 aromatic heterocycles. The van der Waals surface area contributed by atoms with Crippen LogP contribution in [0.5, 0.6) is 5.75 Å². The number of hydrogen-bond donors (Lipinski definition) is 2. The predicted octanol–water partition coefficient (Wildman–Crippen LogP) is 4.26. The topological polar surface area (TPSA) is 81.1 Å². The summed E-state index contributed by atoms with van der Waals surface area (Å²) in [6.45, 7) is 5.73. The highest BCUT2D eigenvalue weighted by molar-refractivity contribution is 6.07. The van der Waals surface area contributed by atoms with Gasteiger partial charge in [0.05, 0.1) is 18.5 Å². The number of anilines is 1. The molecule has 1 aromatic carbocycles. The van der Waals surface area contributed by atoms with E-state index in [1.165, 1.54) is 12.8 Å². The van der Waals surface area contributed by atoms with Crippen molar-refractivity contribution in [3.63, 3.8) is 0 Å². The molecule has 7 heteroatoms. The van der Waals surface area contributed by atoms with Gasteiger partial charge < -0.3 is 15.4 Å². The maximum absolute atomic E-state index is 13.1. The maximum atomic E-state index is 13.1. The maximum Gasteiger partial charge on any atom is 0.261 e. The normalized spacial score (nSPS) is 16.0. The van der Waals surface area contributed by atoms with E-state index in [-0.39, 0.29) is 5.91 Å². The quantitative estimate of drug-likeness (QED) is 0.582. The smallest absolute Gasteiger partial charge is 0.261 e. The van der Waals surface area contributed by atoms with Crippen molar-refractivity contribution in [1.82, 2.24) is 20.1 Å². The van der Waals surface area contributed by atoms with Crippen molar-refractivity contribution in [1.29, 1.82) is 0 Å². The van der Waals surface area contributed by atoms with Gasteiger partial charge in [-0.2, -0.15) is 5.10 Å². The van der Waals surface area contributed by atoms with Crippen LogP contribution in [0.15, 0.2) is 43.0 Å². The molecular weight excluding hydrogens is 402 g/mol. The molecule has 168 valence electrons. The fourth-order valence-electron chi connectivity index (χ4n) is 4.26. The van der Waals surface area contributed by atoms with Crippen molar-refractivity contribution in [2.24, 2.45) is 7.05 Å². The van der Waals surface area contributed by atoms with Crippen molar-refractivity contribution >= 4 is 11.6 Å². The summed E-state index contributed by atoms with van der Waals surface area (Å²) in [6, 6.07) is 6.79. The van der Waals surface area contributed by atoms with Crippen LogP contribution in [0.3, 0.4) is 0 Å². The summed E-state index contributed by atoms with van der Waals surface area (Å²) in [7, 11) is 1.81. The number of aromatic nitrogens is 3. The molecule has 1 aliphatic heterocycles. The second-order valence-electron chi connectivity index (χ2n) is 8.58. The number of rotatable bonds is 7. The Kier molecular flexibility index (Phi) is 6.85. The Morgan fingerprint density at radius 1 is 1.19 bits per heavy atom. The number of carbonyl (C=O) groups is 1. The second-order valence-corrected chi connectivity index (χ2v) is 8.58. The molecule has 1 atom stereocenters. The van der Waals surface area contributed by atoms with Gasteiger partial charge in [-0.15, -0.1) is 0 Å². The van der Waals surface area contributed by atoms with E-state index in [0.29, 0.717) is 29.6 Å². The van der Waals surface area contributed by atoms with Crippen LogP contribution in [-0.4, -0.2) is 39.9 Å². The summed E-state index contributed by atoms with van der Waals surface area (Å²) in [4.78, 5) is 17.5. The number of aryl methyl sites for hydroxylation is 3. The number of carbonyl (C=O) groups excluding carboxylic acids is 1. The van der Waals surface area contributed by atoms with Crippen LogP contribution < -0.4 is 15.4 Å². The Morgan fingerprint density at radius 3 is 2.69 bits per heavy atom. The average molecular weight is 434 g/mol. The van der Waals surface area contributed by atoms with Crippen molar-refractivity contribution in [3.8, 4) is 16.9 Å². The molecule has 3 aromatic rings. The molecule has 32 heavy (non-hydrogen) atoms. The lowest BCUT2D eigenvalue weighted by atomic mass is 9.99. The van der Waals surface area contributed by atoms with Gasteiger partial charge in [0.25, 0.3) is 5.91 Å². The summed E-state index contributed by atoms with van der Waals surface area (Å²) >= 11 is 0. The molecule has 4 rings (SSSR count). The van der Waals surface area contributed by atoms with Crippen LogP contribution in [0.2, 0.25) is 0 Å². The van der Waals surface area contributed by atoms with Crippen LogP contribution in [-0.2, 0) is 7.05 Å². The Morgan fingerprint density at radius 2 is 2.00 bits per heavy atom. The first-order valence-corrected chi connectivity index (χ1v) is 11.2. The summed E-state index contributed by atoms with van der Waals surface area (Å²) in [5.41, 5.74) is 5.18. The molecular formula is C25H31N5O2. The average Bonchev–Trinajstić information content (AvgIpc) is 3.18. The lowest BCUT2D eigenvalue weighted by Crippen LogP contribution is -2.35. The van der Waals surface area contributed by atoms with Gasteiger partial charge in [0, 0.05) is 37.2 Å². The number of hydrogen-bond acceptors (Lipinski definition) is 5. The van der Waals surface area contributed by atoms with Gasteiger partial charge >= 0.3 is 0 Å². The van der Waals surface area contributed by atoms with Crippen LogP contribution in [0.4, 0.5) is 5.69 Å². The van der Waals surface area contributed by atoms with Crippen LogP contribution in [0, 0.1) is 13.8 Å². The van der Waals surface area contributed by atoms with E-state index in [2.05, 4.69) is 52.8 Å². The minimum atomic E-state index is -0.262. The highest BCUT2D eigenvalue weighted by atomic mass is 16.5. The summed E-state index contributed by atoms with van der Waals surface area (Å²) < 4.78 is 7.95. The van der Waals surface area contributed by atoms with E-state index < -0.39 is 0 Å². The first-order chi connectivity index (χ1) is 15.5. The van der Waals surface area contributed by atoms with E-state index in [1.807, 2.05) is 7.05 Å². The van der Waals surface area contributed by atoms with Gasteiger partial charge in [0.1, 0.15) is 11.3 Å². The summed E-state index contributed by atoms with van der Waals surface area (Å²) in [5, 5.41) is 10.6. The lowest BCUT2D eigenvalue weighted by molar-refractivity contribution is 0.102. The lowest BCUT2D eigenvalue weighted by Gasteiger charge is -2.24. The highest BCUT2D eigenvalue weighted by Gasteiger charge is 2.20. The predicted molar refractivity (Wildman–Crippen MR) is 126 cm³/mol. The number of benzene rings is 1. The summed E-state index contributed by atoms with van der Waals surface area (Å²) in [6.07, 6.45) is 11.3. The third-order valence-electron chi connectivity index (χ3n) is 5.76. The molecule has 0 spiro atoms. The third-order valence-corrected chi connectivity index (χ3v) is 5.76. The number of nitrogens with one attached hydrogen (secondary N) is 2. The fourth-order valence-corrected chi connectivity index (χ4v) is 4.26. The van der Waals surface area contributed by atoms with Crippen LogP contribution in [0.1, 0.15) is 47.2 Å². The molecule has 0 saturated carbocycles. The minimum Gasteiger partial charge on any atom is -0.492 e. The van der Waals surface area contributed by atoms with E-state index in [9.17, 15) is 4.79 Å². The molecule has 3 heterocycles. The third kappa shape index (κ3) is 5.34. The molecule has 2 N–H and O–H groups in total. The fraction of sp³-hybridized carbons (Fsp3) is 0.400. The monoisotopic (exact) mass is 433 g/mol. The van der Waals surface area contributed by atoms with Gasteiger partial charge in [-0.3, -0.25) is 14.5 Å². The standard InChI is InChI=1S/C25H31N5O2/c1-17-10-18(2)12-19(11-17)22-14-26-15-23(25(31)29-21-13-28-30(3)16-21)24(22)32-9-7-20-6-4-5-8-27-20/h10-16,20,27H,4-9H2,1-3H3,(H,29,31). The van der Waals surface area contributed by atoms with Crippen LogP contribution in [0.25, 0.3) is 11.1 Å². The number of ether oxygens (including phenoxy) is 1. The van der Waals surface area contributed by atoms with Crippen molar-refractivity contribution in [2.45, 2.75) is 45.6 Å². The SMILES string of the molecule is Cc1cc(C)cc(-c2cncc(C(=O)Nc3cnn(C)c3)c2OCCC2CCCCN2)c1. The second kappa shape index (κ2) is 9.96. The zero-order chi connectivity index (χ0) is 22.5. The van der Waals surface area contributed by atoms with E-state index in [4.69, 9.17) is 4.74 Å². The van der Waals surface area contributed by atoms with Gasteiger partial charge in [0.2, 0.25) is 0 Å². The molecule has 7 nitrogen and oxygen atoms in total. The molecule has 1 fully saturated rings. The van der Waals surface area contributed by atoms with Crippen molar-refractivity contribution < 1.29 is 9.53 Å². The zero-order valence-corrected chi connectivity index (χ0v) is 19.0. The van der Waals surface area contributed by atoms with Crippen molar-refractivity contribution in [2.75, 3.05) is 18.5 Å². The molecule has 0 radical (unpaired) electrons. The highest BCUT2D eigenvalue weighted by Crippen LogP contribution is 2.34. The number of nitrogens with zero attached hydrogens (tertiary/aromatic N) is 3. The molecule has 1 saturated heterocycles. The van der Waals surface area contributed by atoms with Gasteiger partial charge in [-0.25, -0.2) is 0 Å². The molecule has 0 bridgehead atoms. The van der Waals surface area contributed by atoms with Gasteiger partial charge in [0.15, 0.2) is 0 Å². The molecule has 1 aliphatic rings. The van der Waals surface area contributed by atoms with E-state index in [1.54, 1.807) is 29.5 Å². The van der Waals surface area contributed by atoms with E-state index in [0.717, 1.165) is 41.6 Å². The summed E-state index contributed by atoms with van der Waals surface area (Å²) in [5.74, 6) is 0.310. The van der Waals surface area contributed by atoms with Crippen molar-refractivity contribution in [3.05, 3.63) is 59.7 Å². The molecule has 0 aliphatic carbocycles. The van der Waals surface area contributed by atoms with E-state index >= 15 is 0 Å². The van der Waals surface area contributed by atoms with Gasteiger partial charge in [-0.1, -0.05) is 35.7 Å². The minimum absolute atomic E-state index is 0.262. The largest absolute Gasteiger partial charge is 0.492 e. The van der Waals surface area contributed by atoms with Gasteiger partial charge in [-0.05, 0) is 45.2 Å². The molecule has 1 unspecified atom stereocenters. The first-order valence-electron chi connectivity index (χ1n) is 11.2. The Balaban J connectivity index is 1.63.